The second-order valence-electron chi connectivity index (χ2n) is 11.2. The summed E-state index contributed by atoms with van der Waals surface area (Å²) < 4.78 is 0. The topological polar surface area (TPSA) is 69.6 Å². The highest BCUT2D eigenvalue weighted by molar-refractivity contribution is 5.76. The van der Waals surface area contributed by atoms with Gasteiger partial charge in [-0.3, -0.25) is 4.79 Å². The molecule has 4 heteroatoms. The van der Waals surface area contributed by atoms with E-state index in [1.165, 1.54) is 122 Å². The van der Waals surface area contributed by atoms with E-state index in [2.05, 4.69) is 24.4 Å². The number of rotatable bonds is 29. The molecular weight excluding hydrogens is 470 g/mol. The van der Waals surface area contributed by atoms with E-state index in [1.807, 2.05) is 13.0 Å². The zero-order valence-corrected chi connectivity index (χ0v) is 25.4. The van der Waals surface area contributed by atoms with Crippen molar-refractivity contribution in [2.45, 2.75) is 180 Å². The molecule has 0 aliphatic carbocycles. The summed E-state index contributed by atoms with van der Waals surface area (Å²) in [7, 11) is 0. The van der Waals surface area contributed by atoms with Gasteiger partial charge in [0, 0.05) is 6.42 Å². The number of nitrogens with one attached hydrogen (secondary N) is 1. The molecule has 0 fully saturated rings. The first kappa shape index (κ1) is 36.9. The van der Waals surface area contributed by atoms with Crippen LogP contribution in [-0.2, 0) is 4.79 Å². The van der Waals surface area contributed by atoms with Gasteiger partial charge in [0.1, 0.15) is 0 Å². The van der Waals surface area contributed by atoms with Crippen LogP contribution in [-0.4, -0.2) is 34.9 Å². The predicted molar refractivity (Wildman–Crippen MR) is 165 cm³/mol. The summed E-state index contributed by atoms with van der Waals surface area (Å²) in [5.41, 5.74) is 0. The first-order valence-corrected chi connectivity index (χ1v) is 16.6. The fourth-order valence-electron chi connectivity index (χ4n) is 4.88. The number of hydrogen-bond acceptors (Lipinski definition) is 3. The van der Waals surface area contributed by atoms with E-state index in [0.29, 0.717) is 6.42 Å². The van der Waals surface area contributed by atoms with Crippen molar-refractivity contribution in [2.75, 3.05) is 6.61 Å². The van der Waals surface area contributed by atoms with Crippen LogP contribution >= 0.6 is 0 Å². The maximum absolute atomic E-state index is 11.6. The Labute approximate surface area is 237 Å². The Kier molecular flexibility index (Phi) is 29.5. The van der Waals surface area contributed by atoms with E-state index in [0.717, 1.165) is 25.7 Å². The molecule has 0 spiro atoms. The van der Waals surface area contributed by atoms with Crippen LogP contribution < -0.4 is 5.32 Å². The summed E-state index contributed by atoms with van der Waals surface area (Å²) in [6.45, 7) is 3.96. The van der Waals surface area contributed by atoms with E-state index < -0.39 is 12.1 Å². The van der Waals surface area contributed by atoms with Crippen molar-refractivity contribution in [1.82, 2.24) is 5.32 Å². The maximum Gasteiger partial charge on any atom is 0.220 e. The average molecular weight is 536 g/mol. The first-order valence-electron chi connectivity index (χ1n) is 16.6. The molecule has 0 bridgehead atoms. The number of allylic oxidation sites excluding steroid dienone is 3. The molecule has 0 aromatic rings. The Balaban J connectivity index is 3.39. The van der Waals surface area contributed by atoms with E-state index in [-0.39, 0.29) is 12.5 Å². The van der Waals surface area contributed by atoms with E-state index in [9.17, 15) is 15.0 Å². The number of carbonyl (C=O) groups excluding carboxylic acids is 1. The van der Waals surface area contributed by atoms with Crippen LogP contribution in [0.15, 0.2) is 24.3 Å². The number of unbranched alkanes of at least 4 members (excludes halogenated alkanes) is 20. The van der Waals surface area contributed by atoms with Gasteiger partial charge in [-0.05, 0) is 32.1 Å². The minimum atomic E-state index is -0.852. The molecule has 0 saturated carbocycles. The molecular formula is C34H65NO3. The van der Waals surface area contributed by atoms with Gasteiger partial charge in [0.05, 0.1) is 18.8 Å². The lowest BCUT2D eigenvalue weighted by molar-refractivity contribution is -0.122. The van der Waals surface area contributed by atoms with E-state index in [4.69, 9.17) is 0 Å². The van der Waals surface area contributed by atoms with Crippen molar-refractivity contribution in [1.29, 1.82) is 0 Å². The second kappa shape index (κ2) is 30.4. The Bertz CT molecular complexity index is 546. The summed E-state index contributed by atoms with van der Waals surface area (Å²) in [6.07, 6.45) is 38.3. The van der Waals surface area contributed by atoms with Crippen LogP contribution in [0.2, 0.25) is 0 Å². The zero-order chi connectivity index (χ0) is 27.9. The molecule has 0 heterocycles. The van der Waals surface area contributed by atoms with Gasteiger partial charge in [-0.2, -0.15) is 0 Å². The molecule has 0 rings (SSSR count). The standard InChI is InChI=1S/C34H65NO3/c1-3-5-6-7-8-9-10-11-12-13-14-15-16-17-18-19-20-21-22-23-24-25-26-27-28-30-33(37)32(31-36)35-34(38)29-4-2/h24-25,28,30,32-33,36-37H,3-23,26-27,29,31H2,1-2H3,(H,35,38)/b25-24+,30-28+. The quantitative estimate of drug-likeness (QED) is 0.0660. The highest BCUT2D eigenvalue weighted by Crippen LogP contribution is 2.15. The smallest absolute Gasteiger partial charge is 0.220 e. The van der Waals surface area contributed by atoms with Crippen molar-refractivity contribution >= 4 is 5.91 Å². The minimum Gasteiger partial charge on any atom is -0.394 e. The number of aliphatic hydroxyl groups is 2. The van der Waals surface area contributed by atoms with Gasteiger partial charge in [0.15, 0.2) is 0 Å². The Hall–Kier alpha value is -1.13. The minimum absolute atomic E-state index is 0.128. The van der Waals surface area contributed by atoms with Crippen LogP contribution in [0.5, 0.6) is 0 Å². The average Bonchev–Trinajstić information content (AvgIpc) is 2.91. The molecule has 0 aliphatic rings. The lowest BCUT2D eigenvalue weighted by Gasteiger charge is -2.19. The molecule has 0 saturated heterocycles. The number of hydrogen-bond donors (Lipinski definition) is 3. The second-order valence-corrected chi connectivity index (χ2v) is 11.2. The lowest BCUT2D eigenvalue weighted by Crippen LogP contribution is -2.45. The van der Waals surface area contributed by atoms with Crippen molar-refractivity contribution in [3.05, 3.63) is 24.3 Å². The predicted octanol–water partition coefficient (Wildman–Crippen LogP) is 9.34. The monoisotopic (exact) mass is 535 g/mol. The van der Waals surface area contributed by atoms with Gasteiger partial charge in [-0.15, -0.1) is 0 Å². The Morgan fingerprint density at radius 3 is 1.47 bits per heavy atom. The highest BCUT2D eigenvalue weighted by atomic mass is 16.3. The molecule has 0 aromatic heterocycles. The number of amides is 1. The van der Waals surface area contributed by atoms with Crippen molar-refractivity contribution in [2.24, 2.45) is 0 Å². The van der Waals surface area contributed by atoms with Crippen LogP contribution in [0.3, 0.4) is 0 Å². The van der Waals surface area contributed by atoms with Crippen LogP contribution in [0.4, 0.5) is 0 Å². The Morgan fingerprint density at radius 1 is 0.605 bits per heavy atom. The van der Waals surface area contributed by atoms with Gasteiger partial charge in [-0.25, -0.2) is 0 Å². The summed E-state index contributed by atoms with van der Waals surface area (Å²) in [5, 5.41) is 22.2. The largest absolute Gasteiger partial charge is 0.394 e. The molecule has 1 amide bonds. The molecule has 0 aliphatic heterocycles. The summed E-state index contributed by atoms with van der Waals surface area (Å²) >= 11 is 0. The van der Waals surface area contributed by atoms with Crippen LogP contribution in [0, 0.1) is 0 Å². The normalized spacial score (nSPS) is 13.5. The third-order valence-corrected chi connectivity index (χ3v) is 7.41. The maximum atomic E-state index is 11.6. The summed E-state index contributed by atoms with van der Waals surface area (Å²) in [4.78, 5) is 11.6. The summed E-state index contributed by atoms with van der Waals surface area (Å²) in [5.74, 6) is -0.128. The fourth-order valence-corrected chi connectivity index (χ4v) is 4.88. The Morgan fingerprint density at radius 2 is 1.03 bits per heavy atom. The highest BCUT2D eigenvalue weighted by Gasteiger charge is 2.17. The molecule has 0 aromatic carbocycles. The summed E-state index contributed by atoms with van der Waals surface area (Å²) in [6, 6.07) is -0.629. The SMILES string of the molecule is CCCCCCCCCCCCCCCCCCCCC/C=C/CC/C=C/C(O)C(CO)NC(=O)CCC. The molecule has 0 radical (unpaired) electrons. The van der Waals surface area contributed by atoms with Gasteiger partial charge in [-0.1, -0.05) is 154 Å². The van der Waals surface area contributed by atoms with E-state index in [1.54, 1.807) is 6.08 Å². The van der Waals surface area contributed by atoms with Gasteiger partial charge < -0.3 is 15.5 Å². The van der Waals surface area contributed by atoms with Crippen LogP contribution in [0.1, 0.15) is 168 Å². The fraction of sp³-hybridized carbons (Fsp3) is 0.853. The number of aliphatic hydroxyl groups excluding tert-OH is 2. The van der Waals surface area contributed by atoms with E-state index >= 15 is 0 Å². The molecule has 3 N–H and O–H groups in total. The molecule has 38 heavy (non-hydrogen) atoms. The van der Waals surface area contributed by atoms with Gasteiger partial charge in [0.25, 0.3) is 0 Å². The zero-order valence-electron chi connectivity index (χ0n) is 25.4. The molecule has 2 atom stereocenters. The lowest BCUT2D eigenvalue weighted by atomic mass is 10.0. The third-order valence-electron chi connectivity index (χ3n) is 7.41. The molecule has 224 valence electrons. The number of carbonyl (C=O) groups is 1. The van der Waals surface area contributed by atoms with Crippen LogP contribution in [0.25, 0.3) is 0 Å². The molecule has 4 nitrogen and oxygen atoms in total. The van der Waals surface area contributed by atoms with Crippen molar-refractivity contribution < 1.29 is 15.0 Å². The van der Waals surface area contributed by atoms with Crippen molar-refractivity contribution in [3.8, 4) is 0 Å². The van der Waals surface area contributed by atoms with Gasteiger partial charge >= 0.3 is 0 Å². The molecule has 2 unspecified atom stereocenters. The third kappa shape index (κ3) is 26.5. The first-order chi connectivity index (χ1) is 18.7. The van der Waals surface area contributed by atoms with Crippen molar-refractivity contribution in [3.63, 3.8) is 0 Å². The van der Waals surface area contributed by atoms with Gasteiger partial charge in [0.2, 0.25) is 5.91 Å².